The Labute approximate surface area is 169 Å². The van der Waals surface area contributed by atoms with E-state index >= 15 is 0 Å². The molecule has 2 aromatic heterocycles. The van der Waals surface area contributed by atoms with Gasteiger partial charge >= 0.3 is 0 Å². The lowest BCUT2D eigenvalue weighted by Crippen LogP contribution is -2.15. The van der Waals surface area contributed by atoms with Gasteiger partial charge in [0.1, 0.15) is 23.2 Å². The van der Waals surface area contributed by atoms with Crippen LogP contribution in [0.5, 0.6) is 11.5 Å². The minimum Gasteiger partial charge on any atom is -0.486 e. The molecular formula is C18H17N5O3S2. The van der Waals surface area contributed by atoms with Crippen LogP contribution < -0.4 is 14.8 Å². The number of thioether (sulfide) groups is 1. The topological polar surface area (TPSA) is 99.1 Å². The van der Waals surface area contributed by atoms with Crippen LogP contribution in [0.25, 0.3) is 11.3 Å². The van der Waals surface area contributed by atoms with Gasteiger partial charge in [-0.05, 0) is 36.8 Å². The number of aromatic nitrogens is 4. The molecule has 28 heavy (non-hydrogen) atoms. The fraction of sp³-hybridized carbons (Fsp3) is 0.278. The highest BCUT2D eigenvalue weighted by atomic mass is 32.2. The minimum atomic E-state index is -0.151. The number of benzene rings is 1. The monoisotopic (exact) mass is 415 g/mol. The average molecular weight is 416 g/mol. The van der Waals surface area contributed by atoms with Crippen molar-refractivity contribution < 1.29 is 14.3 Å². The maximum absolute atomic E-state index is 12.0. The lowest BCUT2D eigenvalue weighted by Gasteiger charge is -2.18. The standard InChI is InChI=1S/C18H17N5O3S2/c1-2-16-21-23-18(28-16)19-15(24)10-27-17-6-4-12(20-22-17)11-3-5-13-14(9-11)26-8-7-25-13/h3-6,9H,2,7-8,10H2,1H3,(H,19,23,24). The molecule has 0 fully saturated rings. The zero-order valence-corrected chi connectivity index (χ0v) is 16.7. The quantitative estimate of drug-likeness (QED) is 0.613. The first kappa shape index (κ1) is 18.6. The highest BCUT2D eigenvalue weighted by molar-refractivity contribution is 7.99. The van der Waals surface area contributed by atoms with Gasteiger partial charge in [0.2, 0.25) is 11.0 Å². The molecule has 1 aliphatic heterocycles. The summed E-state index contributed by atoms with van der Waals surface area (Å²) in [6.07, 6.45) is 0.799. The smallest absolute Gasteiger partial charge is 0.236 e. The summed E-state index contributed by atoms with van der Waals surface area (Å²) in [6.45, 7) is 3.09. The Morgan fingerprint density at radius 1 is 1.11 bits per heavy atom. The Morgan fingerprint density at radius 3 is 2.71 bits per heavy atom. The van der Waals surface area contributed by atoms with Gasteiger partial charge in [-0.3, -0.25) is 10.1 Å². The first-order valence-corrected chi connectivity index (χ1v) is 10.5. The molecule has 0 bridgehead atoms. The molecule has 0 atom stereocenters. The van der Waals surface area contributed by atoms with Gasteiger partial charge in [0.25, 0.3) is 0 Å². The molecule has 3 heterocycles. The number of amides is 1. The molecule has 0 unspecified atom stereocenters. The molecule has 0 saturated carbocycles. The number of nitrogens with one attached hydrogen (secondary N) is 1. The van der Waals surface area contributed by atoms with E-state index in [2.05, 4.69) is 25.7 Å². The highest BCUT2D eigenvalue weighted by Gasteiger charge is 2.13. The molecule has 1 amide bonds. The molecule has 0 radical (unpaired) electrons. The number of carbonyl (C=O) groups excluding carboxylic acids is 1. The molecule has 0 aliphatic carbocycles. The van der Waals surface area contributed by atoms with E-state index < -0.39 is 0 Å². The van der Waals surface area contributed by atoms with Gasteiger partial charge < -0.3 is 9.47 Å². The zero-order valence-electron chi connectivity index (χ0n) is 15.0. The molecular weight excluding hydrogens is 398 g/mol. The molecule has 4 rings (SSSR count). The second-order valence-corrected chi connectivity index (χ2v) is 7.86. The normalized spacial score (nSPS) is 12.6. The summed E-state index contributed by atoms with van der Waals surface area (Å²) in [7, 11) is 0. The zero-order chi connectivity index (χ0) is 19.3. The molecule has 0 saturated heterocycles. The van der Waals surface area contributed by atoms with E-state index in [1.54, 1.807) is 0 Å². The number of hydrogen-bond donors (Lipinski definition) is 1. The lowest BCUT2D eigenvalue weighted by atomic mass is 10.1. The Balaban J connectivity index is 1.35. The van der Waals surface area contributed by atoms with Crippen LogP contribution in [0.3, 0.4) is 0 Å². The van der Waals surface area contributed by atoms with Gasteiger partial charge in [-0.2, -0.15) is 0 Å². The molecule has 1 aromatic carbocycles. The van der Waals surface area contributed by atoms with E-state index in [0.717, 1.165) is 28.4 Å². The predicted octanol–water partition coefficient (Wildman–Crippen LogP) is 3.06. The first-order chi connectivity index (χ1) is 13.7. The summed E-state index contributed by atoms with van der Waals surface area (Å²) < 4.78 is 11.1. The number of rotatable bonds is 6. The summed E-state index contributed by atoms with van der Waals surface area (Å²) in [5, 5.41) is 21.2. The largest absolute Gasteiger partial charge is 0.486 e. The van der Waals surface area contributed by atoms with Gasteiger partial charge in [0.15, 0.2) is 11.5 Å². The van der Waals surface area contributed by atoms with E-state index in [4.69, 9.17) is 9.47 Å². The second-order valence-electron chi connectivity index (χ2n) is 5.81. The van der Waals surface area contributed by atoms with Gasteiger partial charge in [-0.1, -0.05) is 30.0 Å². The molecule has 3 aromatic rings. The molecule has 10 heteroatoms. The van der Waals surface area contributed by atoms with Crippen molar-refractivity contribution in [2.24, 2.45) is 0 Å². The van der Waals surface area contributed by atoms with Crippen LogP contribution in [0.2, 0.25) is 0 Å². The maximum Gasteiger partial charge on any atom is 0.236 e. The van der Waals surface area contributed by atoms with E-state index in [1.807, 2.05) is 37.3 Å². The Morgan fingerprint density at radius 2 is 1.96 bits per heavy atom. The molecule has 144 valence electrons. The van der Waals surface area contributed by atoms with E-state index in [-0.39, 0.29) is 11.7 Å². The molecule has 0 spiro atoms. The third-order valence-corrected chi connectivity index (χ3v) is 5.75. The van der Waals surface area contributed by atoms with Crippen molar-refractivity contribution in [2.45, 2.75) is 18.4 Å². The highest BCUT2D eigenvalue weighted by Crippen LogP contribution is 2.34. The van der Waals surface area contributed by atoms with Crippen molar-refractivity contribution in [3.63, 3.8) is 0 Å². The van der Waals surface area contributed by atoms with Crippen LogP contribution in [-0.4, -0.2) is 45.3 Å². The van der Waals surface area contributed by atoms with Crippen molar-refractivity contribution in [1.29, 1.82) is 0 Å². The molecule has 8 nitrogen and oxygen atoms in total. The van der Waals surface area contributed by atoms with Gasteiger partial charge in [-0.25, -0.2) is 0 Å². The van der Waals surface area contributed by atoms with Gasteiger partial charge in [-0.15, -0.1) is 20.4 Å². The number of hydrogen-bond acceptors (Lipinski definition) is 9. The molecule has 1 N–H and O–H groups in total. The van der Waals surface area contributed by atoms with E-state index in [1.165, 1.54) is 23.1 Å². The summed E-state index contributed by atoms with van der Waals surface area (Å²) >= 11 is 2.69. The van der Waals surface area contributed by atoms with Crippen molar-refractivity contribution in [2.75, 3.05) is 24.3 Å². The summed E-state index contributed by atoms with van der Waals surface area (Å²) in [6, 6.07) is 9.40. The number of anilines is 1. The van der Waals surface area contributed by atoms with Crippen LogP contribution in [0, 0.1) is 0 Å². The van der Waals surface area contributed by atoms with Crippen LogP contribution in [0.15, 0.2) is 35.4 Å². The van der Waals surface area contributed by atoms with Gasteiger partial charge in [0.05, 0.1) is 11.4 Å². The number of ether oxygens (including phenoxy) is 2. The van der Waals surface area contributed by atoms with E-state index in [9.17, 15) is 4.79 Å². The number of aryl methyl sites for hydroxylation is 1. The van der Waals surface area contributed by atoms with Crippen LogP contribution in [-0.2, 0) is 11.2 Å². The minimum absolute atomic E-state index is 0.151. The summed E-state index contributed by atoms with van der Waals surface area (Å²) in [5.74, 6) is 1.52. The summed E-state index contributed by atoms with van der Waals surface area (Å²) in [4.78, 5) is 12.0. The first-order valence-electron chi connectivity index (χ1n) is 8.70. The van der Waals surface area contributed by atoms with Crippen molar-refractivity contribution in [1.82, 2.24) is 20.4 Å². The summed E-state index contributed by atoms with van der Waals surface area (Å²) in [5.41, 5.74) is 1.63. The second kappa shape index (κ2) is 8.53. The Bertz CT molecular complexity index is 978. The Hall–Kier alpha value is -2.72. The van der Waals surface area contributed by atoms with Crippen molar-refractivity contribution >= 4 is 34.1 Å². The predicted molar refractivity (Wildman–Crippen MR) is 107 cm³/mol. The van der Waals surface area contributed by atoms with Crippen molar-refractivity contribution in [3.8, 4) is 22.8 Å². The Kier molecular flexibility index (Phi) is 5.68. The van der Waals surface area contributed by atoms with Crippen LogP contribution in [0.1, 0.15) is 11.9 Å². The SMILES string of the molecule is CCc1nnc(NC(=O)CSc2ccc(-c3ccc4c(c3)OCCO4)nn2)s1. The third kappa shape index (κ3) is 4.39. The number of nitrogens with zero attached hydrogens (tertiary/aromatic N) is 4. The van der Waals surface area contributed by atoms with E-state index in [0.29, 0.717) is 29.1 Å². The lowest BCUT2D eigenvalue weighted by molar-refractivity contribution is -0.113. The molecule has 1 aliphatic rings. The van der Waals surface area contributed by atoms with Crippen molar-refractivity contribution in [3.05, 3.63) is 35.3 Å². The van der Waals surface area contributed by atoms with Crippen LogP contribution >= 0.6 is 23.1 Å². The van der Waals surface area contributed by atoms with Crippen LogP contribution in [0.4, 0.5) is 5.13 Å². The number of fused-ring (bicyclic) bond motifs is 1. The number of carbonyl (C=O) groups is 1. The maximum atomic E-state index is 12.0. The van der Waals surface area contributed by atoms with Gasteiger partial charge in [0, 0.05) is 5.56 Å². The fourth-order valence-electron chi connectivity index (χ4n) is 2.50. The third-order valence-electron chi connectivity index (χ3n) is 3.84. The average Bonchev–Trinajstić information content (AvgIpc) is 3.20. The fourth-order valence-corrected chi connectivity index (χ4v) is 3.81.